The van der Waals surface area contributed by atoms with Crippen LogP contribution in [0.1, 0.15) is 23.6 Å². The van der Waals surface area contributed by atoms with Crippen LogP contribution in [0.3, 0.4) is 0 Å². The van der Waals surface area contributed by atoms with Gasteiger partial charge in [-0.05, 0) is 65.7 Å². The number of fused-ring (bicyclic) bond motifs is 1. The van der Waals surface area contributed by atoms with Crippen LogP contribution in [-0.2, 0) is 12.0 Å². The summed E-state index contributed by atoms with van der Waals surface area (Å²) in [5.41, 5.74) is 0.156. The number of carboxylic acid groups (broad SMARTS) is 1. The molecule has 1 amide bonds. The first-order chi connectivity index (χ1) is 18.7. The number of rotatable bonds is 5. The highest BCUT2D eigenvalue weighted by Crippen LogP contribution is 2.43. The molecule has 0 aliphatic heterocycles. The zero-order chi connectivity index (χ0) is 27.3. The van der Waals surface area contributed by atoms with Gasteiger partial charge in [-0.2, -0.15) is 9.41 Å². The minimum atomic E-state index is -1.83. The Morgan fingerprint density at radius 1 is 1.23 bits per heavy atom. The van der Waals surface area contributed by atoms with Crippen molar-refractivity contribution in [2.24, 2.45) is 0 Å². The number of aliphatic hydroxyl groups is 1. The van der Waals surface area contributed by atoms with E-state index in [0.717, 1.165) is 6.20 Å². The molecule has 2 aromatic carbocycles. The number of hydrogen-bond donors (Lipinski definition) is 3. The Labute approximate surface area is 223 Å². The summed E-state index contributed by atoms with van der Waals surface area (Å²) in [4.78, 5) is 15.0. The van der Waals surface area contributed by atoms with Crippen LogP contribution >= 0.6 is 11.6 Å². The third-order valence-electron chi connectivity index (χ3n) is 6.50. The van der Waals surface area contributed by atoms with Crippen molar-refractivity contribution in [3.05, 3.63) is 94.4 Å². The third-order valence-corrected chi connectivity index (χ3v) is 6.79. The second kappa shape index (κ2) is 9.15. The highest BCUT2D eigenvalue weighted by atomic mass is 35.5. The third kappa shape index (κ3) is 4.13. The van der Waals surface area contributed by atoms with E-state index in [2.05, 4.69) is 25.8 Å². The van der Waals surface area contributed by atoms with Crippen molar-refractivity contribution in [3.63, 3.8) is 0 Å². The predicted molar refractivity (Wildman–Crippen MR) is 133 cm³/mol. The second-order valence-electron chi connectivity index (χ2n) is 8.84. The van der Waals surface area contributed by atoms with Crippen LogP contribution < -0.4 is 10.0 Å². The fourth-order valence-electron chi connectivity index (χ4n) is 4.76. The Morgan fingerprint density at radius 2 is 2.03 bits per heavy atom. The predicted octanol–water partition coefficient (Wildman–Crippen LogP) is 3.68. The molecule has 6 rings (SSSR count). The Morgan fingerprint density at radius 3 is 2.74 bits per heavy atom. The molecule has 3 aromatic heterocycles. The molecular formula is C25H17ClFN7O5. The number of benzene rings is 2. The lowest BCUT2D eigenvalue weighted by Gasteiger charge is -2.19. The zero-order valence-electron chi connectivity index (χ0n) is 19.7. The monoisotopic (exact) mass is 549 g/mol. The first-order valence-corrected chi connectivity index (χ1v) is 11.9. The number of nitrogens with one attached hydrogen (secondary N) is 1. The highest BCUT2D eigenvalue weighted by Gasteiger charge is 2.50. The second-order valence-corrected chi connectivity index (χ2v) is 9.24. The Balaban J connectivity index is 1.38. The number of amides is 1. The molecule has 196 valence electrons. The van der Waals surface area contributed by atoms with Gasteiger partial charge in [0.15, 0.2) is 17.8 Å². The molecule has 0 fully saturated rings. The molecule has 14 heteroatoms. The van der Waals surface area contributed by atoms with Crippen LogP contribution in [0.5, 0.6) is 0 Å². The summed E-state index contributed by atoms with van der Waals surface area (Å²) < 4.78 is 22.9. The first kappa shape index (κ1) is 24.5. The van der Waals surface area contributed by atoms with E-state index in [1.54, 1.807) is 30.3 Å². The molecular weight excluding hydrogens is 533 g/mol. The van der Waals surface area contributed by atoms with Crippen LogP contribution in [0.2, 0.25) is 5.02 Å². The molecule has 39 heavy (non-hydrogen) atoms. The van der Waals surface area contributed by atoms with E-state index in [0.29, 0.717) is 27.3 Å². The summed E-state index contributed by atoms with van der Waals surface area (Å²) >= 11 is 6.05. The average molecular weight is 550 g/mol. The maximum absolute atomic E-state index is 15.3. The van der Waals surface area contributed by atoms with Crippen molar-refractivity contribution in [2.75, 3.05) is 5.32 Å². The van der Waals surface area contributed by atoms with Crippen molar-refractivity contribution in [1.82, 2.24) is 25.2 Å². The van der Waals surface area contributed by atoms with Crippen LogP contribution in [-0.4, -0.2) is 41.5 Å². The summed E-state index contributed by atoms with van der Waals surface area (Å²) in [5, 5.41) is 46.8. The van der Waals surface area contributed by atoms with Gasteiger partial charge in [0.25, 0.3) is 0 Å². The summed E-state index contributed by atoms with van der Waals surface area (Å²) in [7, 11) is 0. The van der Waals surface area contributed by atoms with Gasteiger partial charge in [0.2, 0.25) is 17.2 Å². The number of nitrogens with zero attached hydrogens (tertiary/aromatic N) is 6. The van der Waals surface area contributed by atoms with E-state index in [9.17, 15) is 15.1 Å². The van der Waals surface area contributed by atoms with Crippen molar-refractivity contribution in [3.8, 4) is 28.1 Å². The molecule has 1 atom stereocenters. The number of tetrazole rings is 1. The van der Waals surface area contributed by atoms with E-state index >= 15 is 4.39 Å². The smallest absolute Gasteiger partial charge is 0.409 e. The number of halogens is 2. The van der Waals surface area contributed by atoms with Gasteiger partial charge in [0.1, 0.15) is 6.33 Å². The van der Waals surface area contributed by atoms with Gasteiger partial charge >= 0.3 is 6.09 Å². The highest BCUT2D eigenvalue weighted by molar-refractivity contribution is 6.31. The van der Waals surface area contributed by atoms with Crippen molar-refractivity contribution >= 4 is 23.4 Å². The molecule has 1 unspecified atom stereocenters. The SMILES string of the molecule is O=C(O)Nc1ccc(-c2cnc(C3(O)CCc4cc(-c5c(-n6cnnn6)ccc(Cl)c5F)c[n+]([O-])c43)o2)cc1. The fourth-order valence-corrected chi connectivity index (χ4v) is 4.92. The van der Waals surface area contributed by atoms with Crippen LogP contribution in [0, 0.1) is 11.0 Å². The molecule has 5 aromatic rings. The van der Waals surface area contributed by atoms with E-state index < -0.39 is 17.5 Å². The fraction of sp³-hybridized carbons (Fsp3) is 0.120. The quantitative estimate of drug-likeness (QED) is 0.219. The number of aryl methyl sites for hydroxylation is 1. The lowest BCUT2D eigenvalue weighted by atomic mass is 9.98. The van der Waals surface area contributed by atoms with E-state index in [-0.39, 0.29) is 46.3 Å². The molecule has 0 saturated heterocycles. The average Bonchev–Trinajstić information content (AvgIpc) is 3.67. The number of oxazole rings is 1. The first-order valence-electron chi connectivity index (χ1n) is 11.5. The number of aromatic nitrogens is 6. The Bertz CT molecular complexity index is 1730. The normalized spacial score (nSPS) is 16.3. The molecule has 3 heterocycles. The molecule has 12 nitrogen and oxygen atoms in total. The Kier molecular flexibility index (Phi) is 5.74. The van der Waals surface area contributed by atoms with Crippen LogP contribution in [0.25, 0.3) is 28.1 Å². The van der Waals surface area contributed by atoms with Gasteiger partial charge in [-0.1, -0.05) is 11.6 Å². The molecule has 0 saturated carbocycles. The maximum atomic E-state index is 15.3. The minimum absolute atomic E-state index is 0.0204. The largest absolute Gasteiger partial charge is 0.618 e. The Hall–Kier alpha value is -4.88. The van der Waals surface area contributed by atoms with Crippen molar-refractivity contribution in [1.29, 1.82) is 0 Å². The number of anilines is 1. The molecule has 1 aliphatic carbocycles. The summed E-state index contributed by atoms with van der Waals surface area (Å²) in [6, 6.07) is 10.9. The number of carbonyl (C=O) groups is 1. The minimum Gasteiger partial charge on any atom is -0.618 e. The summed E-state index contributed by atoms with van der Waals surface area (Å²) in [6.07, 6.45) is 3.06. The number of pyridine rings is 1. The number of hydrogen-bond acceptors (Lipinski definition) is 8. The maximum Gasteiger partial charge on any atom is 0.409 e. The molecule has 0 bridgehead atoms. The van der Waals surface area contributed by atoms with Gasteiger partial charge in [-0.25, -0.2) is 14.2 Å². The molecule has 1 aliphatic rings. The summed E-state index contributed by atoms with van der Waals surface area (Å²) in [5.74, 6) is -0.514. The van der Waals surface area contributed by atoms with Gasteiger partial charge in [0.05, 0.1) is 28.0 Å². The van der Waals surface area contributed by atoms with Gasteiger partial charge in [-0.3, -0.25) is 5.32 Å². The molecule has 3 N–H and O–H groups in total. The van der Waals surface area contributed by atoms with E-state index in [1.807, 2.05) is 0 Å². The van der Waals surface area contributed by atoms with E-state index in [4.69, 9.17) is 21.1 Å². The van der Waals surface area contributed by atoms with Gasteiger partial charge < -0.3 is 19.8 Å². The zero-order valence-corrected chi connectivity index (χ0v) is 20.5. The van der Waals surface area contributed by atoms with Crippen LogP contribution in [0.15, 0.2) is 65.6 Å². The van der Waals surface area contributed by atoms with Crippen molar-refractivity contribution in [2.45, 2.75) is 18.4 Å². The lowest BCUT2D eigenvalue weighted by molar-refractivity contribution is -0.620. The molecule has 0 radical (unpaired) electrons. The van der Waals surface area contributed by atoms with Crippen molar-refractivity contribution < 1.29 is 28.5 Å². The van der Waals surface area contributed by atoms with Gasteiger partial charge in [-0.15, -0.1) is 5.10 Å². The summed E-state index contributed by atoms with van der Waals surface area (Å²) in [6.45, 7) is 0. The standard InChI is InChI=1S/C25H17ClFN7O5/c26-17-5-6-18(33-12-29-31-32-33)20(21(17)27)15-9-14-7-8-25(37,22(14)34(38)11-15)23-28-10-19(39-23)13-1-3-16(4-2-13)30-24(35)36/h1-6,9-12,30,37H,7-8H2,(H,35,36). The van der Waals surface area contributed by atoms with Gasteiger partial charge in [0, 0.05) is 16.8 Å². The topological polar surface area (TPSA) is 166 Å². The van der Waals surface area contributed by atoms with Crippen LogP contribution in [0.4, 0.5) is 14.9 Å². The van der Waals surface area contributed by atoms with E-state index in [1.165, 1.54) is 29.3 Å². The lowest BCUT2D eigenvalue weighted by Crippen LogP contribution is -2.41. The molecule has 0 spiro atoms.